The van der Waals surface area contributed by atoms with Crippen molar-refractivity contribution in [3.8, 4) is 16.3 Å². The molecule has 0 saturated carbocycles. The molecule has 3 N–H and O–H groups in total. The van der Waals surface area contributed by atoms with E-state index in [2.05, 4.69) is 31.0 Å². The van der Waals surface area contributed by atoms with Crippen molar-refractivity contribution in [2.45, 2.75) is 0 Å². The van der Waals surface area contributed by atoms with Crippen LogP contribution in [0.2, 0.25) is 0 Å². The van der Waals surface area contributed by atoms with Gasteiger partial charge < -0.3 is 25.4 Å². The number of hydrogen-bond acceptors (Lipinski definition) is 9. The fourth-order valence-corrected chi connectivity index (χ4v) is 4.07. The Labute approximate surface area is 201 Å². The van der Waals surface area contributed by atoms with Gasteiger partial charge in [-0.3, -0.25) is 14.5 Å². The van der Waals surface area contributed by atoms with Crippen molar-refractivity contribution in [3.05, 3.63) is 48.5 Å². The number of morpholine rings is 1. The second kappa shape index (κ2) is 11.5. The van der Waals surface area contributed by atoms with Crippen LogP contribution in [0.5, 0.6) is 5.75 Å². The molecule has 3 aromatic rings. The van der Waals surface area contributed by atoms with E-state index in [4.69, 9.17) is 9.47 Å². The molecular formula is C23H26N6O4S. The largest absolute Gasteiger partial charge is 0.497 e. The lowest BCUT2D eigenvalue weighted by molar-refractivity contribution is -0.136. The van der Waals surface area contributed by atoms with Gasteiger partial charge in [-0.2, -0.15) is 0 Å². The molecule has 0 atom stereocenters. The summed E-state index contributed by atoms with van der Waals surface area (Å²) in [7, 11) is 1.62. The Kier molecular flexibility index (Phi) is 8.02. The highest BCUT2D eigenvalue weighted by molar-refractivity contribution is 7.18. The minimum absolute atomic E-state index is 0.412. The van der Waals surface area contributed by atoms with Gasteiger partial charge in [0, 0.05) is 43.1 Å². The molecule has 1 aromatic heterocycles. The van der Waals surface area contributed by atoms with Gasteiger partial charge >= 0.3 is 11.8 Å². The monoisotopic (exact) mass is 482 g/mol. The van der Waals surface area contributed by atoms with Gasteiger partial charge in [0.05, 0.1) is 20.3 Å². The number of carbonyl (C=O) groups is 2. The number of ether oxygens (including phenoxy) is 2. The lowest BCUT2D eigenvalue weighted by atomic mass is 10.2. The lowest BCUT2D eigenvalue weighted by Gasteiger charge is -2.26. The van der Waals surface area contributed by atoms with E-state index in [0.29, 0.717) is 37.1 Å². The smallest absolute Gasteiger partial charge is 0.313 e. The fraction of sp³-hybridized carbons (Fsp3) is 0.304. The number of rotatable bonds is 8. The molecule has 1 saturated heterocycles. The highest BCUT2D eigenvalue weighted by Crippen LogP contribution is 2.29. The number of nitrogens with one attached hydrogen (secondary N) is 3. The summed E-state index contributed by atoms with van der Waals surface area (Å²) in [6.45, 7) is 4.16. The molecule has 2 aromatic carbocycles. The first kappa shape index (κ1) is 23.6. The lowest BCUT2D eigenvalue weighted by Crippen LogP contribution is -2.43. The molecule has 10 nitrogen and oxygen atoms in total. The Morgan fingerprint density at radius 3 is 2.41 bits per heavy atom. The summed E-state index contributed by atoms with van der Waals surface area (Å²) >= 11 is 1.41. The Hall–Kier alpha value is -3.54. The van der Waals surface area contributed by atoms with Gasteiger partial charge in [-0.25, -0.2) is 0 Å². The zero-order chi connectivity index (χ0) is 23.8. The average Bonchev–Trinajstić information content (AvgIpc) is 3.34. The number of carbonyl (C=O) groups excluding carboxylic acids is 2. The van der Waals surface area contributed by atoms with E-state index in [1.54, 1.807) is 19.2 Å². The first-order valence-electron chi connectivity index (χ1n) is 10.8. The molecule has 0 aliphatic carbocycles. The van der Waals surface area contributed by atoms with Crippen molar-refractivity contribution in [3.63, 3.8) is 0 Å². The zero-order valence-corrected chi connectivity index (χ0v) is 19.6. The molecule has 4 rings (SSSR count). The predicted octanol–water partition coefficient (Wildman–Crippen LogP) is 2.34. The molecule has 1 fully saturated rings. The topological polar surface area (TPSA) is 118 Å². The molecule has 0 radical (unpaired) electrons. The number of benzene rings is 2. The number of aromatic nitrogens is 2. The standard InChI is InChI=1S/C23H26N6O4S/c1-32-19-8-6-18(7-9-19)26-23-28-27-22(34-23)16-2-4-17(5-3-16)25-21(31)20(30)24-10-11-29-12-14-33-15-13-29/h2-9H,10-15H2,1H3,(H,24,30)(H,25,31)(H,26,28). The highest BCUT2D eigenvalue weighted by atomic mass is 32.1. The summed E-state index contributed by atoms with van der Waals surface area (Å²) in [5, 5.41) is 18.3. The van der Waals surface area contributed by atoms with Gasteiger partial charge in [0.2, 0.25) is 5.13 Å². The number of methoxy groups -OCH3 is 1. The first-order valence-corrected chi connectivity index (χ1v) is 11.7. The van der Waals surface area contributed by atoms with Gasteiger partial charge in [-0.15, -0.1) is 10.2 Å². The Morgan fingerprint density at radius 1 is 1.00 bits per heavy atom. The molecule has 34 heavy (non-hydrogen) atoms. The van der Waals surface area contributed by atoms with Crippen LogP contribution >= 0.6 is 11.3 Å². The predicted molar refractivity (Wildman–Crippen MR) is 131 cm³/mol. The third kappa shape index (κ3) is 6.50. The number of amides is 2. The summed E-state index contributed by atoms with van der Waals surface area (Å²) in [4.78, 5) is 26.4. The maximum Gasteiger partial charge on any atom is 0.313 e. The van der Waals surface area contributed by atoms with Crippen LogP contribution in [0.3, 0.4) is 0 Å². The van der Waals surface area contributed by atoms with Crippen molar-refractivity contribution in [1.82, 2.24) is 20.4 Å². The van der Waals surface area contributed by atoms with Crippen molar-refractivity contribution in [2.75, 3.05) is 57.1 Å². The summed E-state index contributed by atoms with van der Waals surface area (Å²) in [6, 6.07) is 14.6. The van der Waals surface area contributed by atoms with E-state index in [9.17, 15) is 9.59 Å². The summed E-state index contributed by atoms with van der Waals surface area (Å²) in [6.07, 6.45) is 0. The Morgan fingerprint density at radius 2 is 1.71 bits per heavy atom. The minimum atomic E-state index is -0.698. The van der Waals surface area contributed by atoms with Crippen LogP contribution < -0.4 is 20.7 Å². The average molecular weight is 483 g/mol. The number of hydrogen-bond donors (Lipinski definition) is 3. The second-order valence-corrected chi connectivity index (χ2v) is 8.48. The molecule has 0 unspecified atom stereocenters. The van der Waals surface area contributed by atoms with Crippen molar-refractivity contribution < 1.29 is 19.1 Å². The Balaban J connectivity index is 1.26. The van der Waals surface area contributed by atoms with E-state index >= 15 is 0 Å². The van der Waals surface area contributed by atoms with E-state index in [0.717, 1.165) is 35.1 Å². The molecule has 2 heterocycles. The summed E-state index contributed by atoms with van der Waals surface area (Å²) in [5.74, 6) is -0.575. The first-order chi connectivity index (χ1) is 16.6. The third-order valence-corrected chi connectivity index (χ3v) is 6.07. The van der Waals surface area contributed by atoms with Crippen LogP contribution in [0, 0.1) is 0 Å². The minimum Gasteiger partial charge on any atom is -0.497 e. The maximum atomic E-state index is 12.2. The van der Waals surface area contributed by atoms with Crippen LogP contribution in [0.4, 0.5) is 16.5 Å². The highest BCUT2D eigenvalue weighted by Gasteiger charge is 2.15. The molecule has 0 bridgehead atoms. The van der Waals surface area contributed by atoms with Crippen LogP contribution in [-0.2, 0) is 14.3 Å². The third-order valence-electron chi connectivity index (χ3n) is 5.18. The fourth-order valence-electron chi connectivity index (χ4n) is 3.30. The van der Waals surface area contributed by atoms with Crippen LogP contribution in [0.25, 0.3) is 10.6 Å². The number of anilines is 3. The van der Waals surface area contributed by atoms with Crippen LogP contribution in [0.15, 0.2) is 48.5 Å². The van der Waals surface area contributed by atoms with Gasteiger partial charge in [0.25, 0.3) is 0 Å². The molecule has 0 spiro atoms. The van der Waals surface area contributed by atoms with E-state index in [1.807, 2.05) is 36.4 Å². The maximum absolute atomic E-state index is 12.2. The van der Waals surface area contributed by atoms with Gasteiger partial charge in [0.1, 0.15) is 10.8 Å². The van der Waals surface area contributed by atoms with Crippen molar-refractivity contribution in [2.24, 2.45) is 0 Å². The summed E-state index contributed by atoms with van der Waals surface area (Å²) < 4.78 is 10.5. The van der Waals surface area contributed by atoms with E-state index in [-0.39, 0.29) is 0 Å². The van der Waals surface area contributed by atoms with Gasteiger partial charge in [-0.05, 0) is 48.5 Å². The molecule has 11 heteroatoms. The van der Waals surface area contributed by atoms with Gasteiger partial charge in [0.15, 0.2) is 0 Å². The molecule has 1 aliphatic rings. The van der Waals surface area contributed by atoms with Crippen molar-refractivity contribution in [1.29, 1.82) is 0 Å². The summed E-state index contributed by atoms with van der Waals surface area (Å²) in [5.41, 5.74) is 2.26. The molecule has 2 amide bonds. The quantitative estimate of drug-likeness (QED) is 0.419. The molecule has 1 aliphatic heterocycles. The van der Waals surface area contributed by atoms with Crippen molar-refractivity contribution >= 4 is 39.7 Å². The molecular weight excluding hydrogens is 456 g/mol. The van der Waals surface area contributed by atoms with E-state index in [1.165, 1.54) is 11.3 Å². The SMILES string of the molecule is COc1ccc(Nc2nnc(-c3ccc(NC(=O)C(=O)NCCN4CCOCC4)cc3)s2)cc1. The van der Waals surface area contributed by atoms with E-state index < -0.39 is 11.8 Å². The van der Waals surface area contributed by atoms with Crippen LogP contribution in [-0.4, -0.2) is 73.4 Å². The normalized spacial score (nSPS) is 13.8. The van der Waals surface area contributed by atoms with Crippen LogP contribution in [0.1, 0.15) is 0 Å². The Bertz CT molecular complexity index is 1100. The number of nitrogens with zero attached hydrogens (tertiary/aromatic N) is 3. The second-order valence-electron chi connectivity index (χ2n) is 7.51. The molecule has 178 valence electrons. The zero-order valence-electron chi connectivity index (χ0n) is 18.7. The van der Waals surface area contributed by atoms with Gasteiger partial charge in [-0.1, -0.05) is 11.3 Å².